The lowest BCUT2D eigenvalue weighted by Crippen LogP contribution is -2.38. The van der Waals surface area contributed by atoms with Crippen molar-refractivity contribution in [2.75, 3.05) is 26.2 Å². The van der Waals surface area contributed by atoms with Crippen molar-refractivity contribution in [3.8, 4) is 0 Å². The minimum Gasteiger partial charge on any atom is -0.445 e. The summed E-state index contributed by atoms with van der Waals surface area (Å²) in [6.45, 7) is 6.74. The van der Waals surface area contributed by atoms with E-state index in [0.717, 1.165) is 49.9 Å². The molecule has 3 heterocycles. The van der Waals surface area contributed by atoms with Crippen molar-refractivity contribution in [1.29, 1.82) is 0 Å². The summed E-state index contributed by atoms with van der Waals surface area (Å²) in [6, 6.07) is 7.71. The molecule has 0 spiro atoms. The second-order valence-electron chi connectivity index (χ2n) is 7.84. The number of aryl methyl sites for hydroxylation is 2. The molecule has 4 rings (SSSR count). The lowest BCUT2D eigenvalue weighted by atomic mass is 9.96. The Morgan fingerprint density at radius 3 is 2.29 bits per heavy atom. The van der Waals surface area contributed by atoms with E-state index in [1.54, 1.807) is 0 Å². The molecule has 0 atom stereocenters. The topological polar surface area (TPSA) is 66.7 Å². The summed E-state index contributed by atoms with van der Waals surface area (Å²) in [5.74, 6) is 1.47. The highest BCUT2D eigenvalue weighted by Gasteiger charge is 2.31. The largest absolute Gasteiger partial charge is 0.445 e. The summed E-state index contributed by atoms with van der Waals surface area (Å²) in [5.41, 5.74) is 2.23. The number of benzene rings is 1. The van der Waals surface area contributed by atoms with Crippen molar-refractivity contribution < 1.29 is 14.0 Å². The third-order valence-corrected chi connectivity index (χ3v) is 5.92. The Hall–Kier alpha value is -2.63. The Labute approximate surface area is 165 Å². The van der Waals surface area contributed by atoms with Gasteiger partial charge in [-0.05, 0) is 51.2 Å². The third kappa shape index (κ3) is 3.55. The SMILES string of the molecule is Cc1ccccc1C(=O)N1CCC(c2nc(C(=O)N3CCCC3)c(C)o2)CC1. The number of oxazole rings is 1. The zero-order valence-corrected chi connectivity index (χ0v) is 16.6. The molecule has 2 fully saturated rings. The molecular weight excluding hydrogens is 354 g/mol. The second kappa shape index (κ2) is 7.78. The van der Waals surface area contributed by atoms with Crippen LogP contribution in [0.25, 0.3) is 0 Å². The molecular formula is C22H27N3O3. The molecule has 2 aromatic rings. The van der Waals surface area contributed by atoms with Crippen LogP contribution in [0, 0.1) is 13.8 Å². The average Bonchev–Trinajstić information content (AvgIpc) is 3.37. The molecule has 0 N–H and O–H groups in total. The summed E-state index contributed by atoms with van der Waals surface area (Å²) in [4.78, 5) is 33.8. The predicted molar refractivity (Wildman–Crippen MR) is 105 cm³/mol. The van der Waals surface area contributed by atoms with Gasteiger partial charge in [0, 0.05) is 37.7 Å². The van der Waals surface area contributed by atoms with E-state index >= 15 is 0 Å². The summed E-state index contributed by atoms with van der Waals surface area (Å²) in [6.07, 6.45) is 3.72. The maximum Gasteiger partial charge on any atom is 0.276 e. The highest BCUT2D eigenvalue weighted by molar-refractivity contribution is 5.95. The van der Waals surface area contributed by atoms with E-state index in [1.807, 2.05) is 47.9 Å². The van der Waals surface area contributed by atoms with Crippen LogP contribution in [0.1, 0.15) is 69.7 Å². The van der Waals surface area contributed by atoms with Crippen LogP contribution in [0.4, 0.5) is 0 Å². The fourth-order valence-electron chi connectivity index (χ4n) is 4.17. The predicted octanol–water partition coefficient (Wildman–Crippen LogP) is 3.55. The Kier molecular flexibility index (Phi) is 5.20. The van der Waals surface area contributed by atoms with Gasteiger partial charge in [0.25, 0.3) is 11.8 Å². The number of hydrogen-bond acceptors (Lipinski definition) is 4. The Morgan fingerprint density at radius 1 is 0.964 bits per heavy atom. The number of likely N-dealkylation sites (tertiary alicyclic amines) is 2. The van der Waals surface area contributed by atoms with Crippen LogP contribution in [-0.4, -0.2) is 52.8 Å². The molecule has 1 aromatic heterocycles. The van der Waals surface area contributed by atoms with Gasteiger partial charge in [0.1, 0.15) is 5.76 Å². The molecule has 2 aliphatic rings. The first-order valence-corrected chi connectivity index (χ1v) is 10.2. The van der Waals surface area contributed by atoms with E-state index in [4.69, 9.17) is 4.42 Å². The fraction of sp³-hybridized carbons (Fsp3) is 0.500. The van der Waals surface area contributed by atoms with Crippen LogP contribution in [0.2, 0.25) is 0 Å². The second-order valence-corrected chi connectivity index (χ2v) is 7.84. The van der Waals surface area contributed by atoms with Gasteiger partial charge in [-0.1, -0.05) is 18.2 Å². The minimum absolute atomic E-state index is 0.0165. The number of rotatable bonds is 3. The van der Waals surface area contributed by atoms with Crippen LogP contribution < -0.4 is 0 Å². The number of amides is 2. The molecule has 0 bridgehead atoms. The summed E-state index contributed by atoms with van der Waals surface area (Å²) in [7, 11) is 0. The number of aromatic nitrogens is 1. The third-order valence-electron chi connectivity index (χ3n) is 5.92. The minimum atomic E-state index is -0.0165. The molecule has 0 aliphatic carbocycles. The molecule has 0 saturated carbocycles. The van der Waals surface area contributed by atoms with Gasteiger partial charge in [0.15, 0.2) is 11.6 Å². The highest BCUT2D eigenvalue weighted by atomic mass is 16.4. The molecule has 2 saturated heterocycles. The van der Waals surface area contributed by atoms with Crippen molar-refractivity contribution in [3.63, 3.8) is 0 Å². The molecule has 0 unspecified atom stereocenters. The summed E-state index contributed by atoms with van der Waals surface area (Å²) >= 11 is 0. The van der Waals surface area contributed by atoms with Gasteiger partial charge in [-0.2, -0.15) is 0 Å². The highest BCUT2D eigenvalue weighted by Crippen LogP contribution is 2.30. The maximum absolute atomic E-state index is 12.8. The zero-order chi connectivity index (χ0) is 19.7. The number of hydrogen-bond donors (Lipinski definition) is 0. The standard InChI is InChI=1S/C22H27N3O3/c1-15-7-3-4-8-18(15)21(26)25-13-9-17(10-14-25)20-23-19(16(2)28-20)22(27)24-11-5-6-12-24/h3-4,7-8,17H,5-6,9-14H2,1-2H3. The van der Waals surface area contributed by atoms with E-state index in [9.17, 15) is 9.59 Å². The van der Waals surface area contributed by atoms with Crippen molar-refractivity contribution in [2.45, 2.75) is 45.4 Å². The van der Waals surface area contributed by atoms with Gasteiger partial charge in [-0.25, -0.2) is 4.98 Å². The van der Waals surface area contributed by atoms with Crippen LogP contribution in [0.15, 0.2) is 28.7 Å². The van der Waals surface area contributed by atoms with E-state index in [0.29, 0.717) is 30.4 Å². The van der Waals surface area contributed by atoms with Crippen molar-refractivity contribution >= 4 is 11.8 Å². The normalized spacial score (nSPS) is 17.9. The fourth-order valence-corrected chi connectivity index (χ4v) is 4.17. The zero-order valence-electron chi connectivity index (χ0n) is 16.6. The van der Waals surface area contributed by atoms with Crippen molar-refractivity contribution in [1.82, 2.24) is 14.8 Å². The van der Waals surface area contributed by atoms with Crippen molar-refractivity contribution in [3.05, 3.63) is 52.7 Å². The Balaban J connectivity index is 1.41. The number of carbonyl (C=O) groups is 2. The van der Waals surface area contributed by atoms with Crippen molar-refractivity contribution in [2.24, 2.45) is 0 Å². The molecule has 2 amide bonds. The molecule has 2 aliphatic heterocycles. The van der Waals surface area contributed by atoms with E-state index in [1.165, 1.54) is 0 Å². The van der Waals surface area contributed by atoms with Gasteiger partial charge in [0.2, 0.25) is 0 Å². The first-order valence-electron chi connectivity index (χ1n) is 10.2. The Morgan fingerprint density at radius 2 is 1.61 bits per heavy atom. The molecule has 6 heteroatoms. The monoisotopic (exact) mass is 381 g/mol. The number of piperidine rings is 1. The van der Waals surface area contributed by atoms with E-state index in [-0.39, 0.29) is 17.7 Å². The lowest BCUT2D eigenvalue weighted by molar-refractivity contribution is 0.0705. The van der Waals surface area contributed by atoms with Gasteiger partial charge < -0.3 is 14.2 Å². The number of nitrogens with zero attached hydrogens (tertiary/aromatic N) is 3. The first kappa shape index (κ1) is 18.7. The van der Waals surface area contributed by atoms with Gasteiger partial charge >= 0.3 is 0 Å². The molecule has 0 radical (unpaired) electrons. The van der Waals surface area contributed by atoms with Gasteiger partial charge in [0.05, 0.1) is 0 Å². The average molecular weight is 381 g/mol. The summed E-state index contributed by atoms with van der Waals surface area (Å²) in [5, 5.41) is 0. The smallest absolute Gasteiger partial charge is 0.276 e. The van der Waals surface area contributed by atoms with Crippen LogP contribution >= 0.6 is 0 Å². The van der Waals surface area contributed by atoms with E-state index < -0.39 is 0 Å². The number of carbonyl (C=O) groups excluding carboxylic acids is 2. The molecule has 6 nitrogen and oxygen atoms in total. The molecule has 148 valence electrons. The maximum atomic E-state index is 12.8. The van der Waals surface area contributed by atoms with Gasteiger partial charge in [-0.3, -0.25) is 9.59 Å². The van der Waals surface area contributed by atoms with Crippen LogP contribution in [0.3, 0.4) is 0 Å². The molecule has 28 heavy (non-hydrogen) atoms. The van der Waals surface area contributed by atoms with Crippen LogP contribution in [0.5, 0.6) is 0 Å². The summed E-state index contributed by atoms with van der Waals surface area (Å²) < 4.78 is 5.87. The van der Waals surface area contributed by atoms with E-state index in [2.05, 4.69) is 4.98 Å². The van der Waals surface area contributed by atoms with Crippen LogP contribution in [-0.2, 0) is 0 Å². The van der Waals surface area contributed by atoms with Gasteiger partial charge in [-0.15, -0.1) is 0 Å². The Bertz CT molecular complexity index is 875. The quantitative estimate of drug-likeness (QED) is 0.815. The first-order chi connectivity index (χ1) is 13.5. The molecule has 1 aromatic carbocycles. The lowest BCUT2D eigenvalue weighted by Gasteiger charge is -2.31.